The lowest BCUT2D eigenvalue weighted by molar-refractivity contribution is -0.104. The molecule has 0 aromatic rings. The van der Waals surface area contributed by atoms with Crippen LogP contribution in [0, 0.1) is 0 Å². The molecule has 11 heavy (non-hydrogen) atoms. The minimum Gasteiger partial charge on any atom is -0.297 e. The van der Waals surface area contributed by atoms with Gasteiger partial charge in [0.2, 0.25) is 0 Å². The highest BCUT2D eigenvalue weighted by molar-refractivity contribution is 6.68. The second-order valence-corrected chi connectivity index (χ2v) is 2.47. The minimum atomic E-state index is 0.367. The molecule has 0 unspecified atom stereocenters. The van der Waals surface area contributed by atoms with E-state index in [1.807, 2.05) is 0 Å². The molecule has 0 bridgehead atoms. The van der Waals surface area contributed by atoms with Gasteiger partial charge in [0.05, 0.1) is 11.8 Å². The van der Waals surface area contributed by atoms with Crippen LogP contribution in [-0.4, -0.2) is 11.5 Å². The van der Waals surface area contributed by atoms with Crippen LogP contribution in [0.1, 0.15) is 6.92 Å². The number of aldehydes is 1. The van der Waals surface area contributed by atoms with Gasteiger partial charge in [-0.2, -0.15) is 0 Å². The van der Waals surface area contributed by atoms with E-state index in [1.54, 1.807) is 13.0 Å². The topological polar surface area (TPSA) is 29.4 Å². The number of nitrogens with zero attached hydrogens (tertiary/aromatic N) is 1. The van der Waals surface area contributed by atoms with Gasteiger partial charge in [0, 0.05) is 0 Å². The number of aliphatic imine (C=N–C) groups is 1. The Balaban J connectivity index is 3.14. The molecule has 0 fully saturated rings. The van der Waals surface area contributed by atoms with Gasteiger partial charge in [-0.25, -0.2) is 4.99 Å². The lowest BCUT2D eigenvalue weighted by atomic mass is 10.1. The summed E-state index contributed by atoms with van der Waals surface area (Å²) in [5.74, 6) is 0. The van der Waals surface area contributed by atoms with Crippen LogP contribution in [0.2, 0.25) is 0 Å². The second kappa shape index (κ2) is 3.33. The fourth-order valence-corrected chi connectivity index (χ4v) is 0.910. The van der Waals surface area contributed by atoms with Crippen LogP contribution in [0.25, 0.3) is 0 Å². The Hall–Kier alpha value is -1.11. The molecule has 0 aromatic carbocycles. The average molecular weight is 168 g/mol. The fraction of sp³-hybridized carbons (Fsp3) is 0.125. The van der Waals surface area contributed by atoms with Crippen molar-refractivity contribution >= 4 is 23.1 Å². The first-order valence-electron chi connectivity index (χ1n) is 3.06. The van der Waals surface area contributed by atoms with Gasteiger partial charge in [0.1, 0.15) is 5.17 Å². The predicted molar refractivity (Wildman–Crippen MR) is 44.7 cm³/mol. The molecule has 1 heterocycles. The van der Waals surface area contributed by atoms with Crippen molar-refractivity contribution in [3.8, 4) is 0 Å². The zero-order valence-electron chi connectivity index (χ0n) is 5.97. The molecule has 0 aromatic heterocycles. The number of rotatable bonds is 1. The van der Waals surface area contributed by atoms with E-state index in [0.29, 0.717) is 10.7 Å². The third-order valence-corrected chi connectivity index (χ3v) is 1.49. The number of hydrogen-bond acceptors (Lipinski definition) is 2. The Morgan fingerprint density at radius 1 is 1.73 bits per heavy atom. The number of allylic oxidation sites excluding steroid dienone is 3. The molecular weight excluding hydrogens is 162 g/mol. The second-order valence-electron chi connectivity index (χ2n) is 2.08. The lowest BCUT2D eigenvalue weighted by Crippen LogP contribution is -1.86. The van der Waals surface area contributed by atoms with Crippen molar-refractivity contribution in [1.29, 1.82) is 0 Å². The summed E-state index contributed by atoms with van der Waals surface area (Å²) in [7, 11) is 0. The Morgan fingerprint density at radius 2 is 2.45 bits per heavy atom. The van der Waals surface area contributed by atoms with E-state index in [9.17, 15) is 4.79 Å². The van der Waals surface area contributed by atoms with E-state index in [2.05, 4.69) is 10.7 Å². The van der Waals surface area contributed by atoms with Crippen LogP contribution >= 0.6 is 11.6 Å². The largest absolute Gasteiger partial charge is 0.297 e. The maximum atomic E-state index is 10.4. The Bertz CT molecular complexity index is 306. The monoisotopic (exact) mass is 167 g/mol. The van der Waals surface area contributed by atoms with Crippen molar-refractivity contribution < 1.29 is 4.79 Å². The van der Waals surface area contributed by atoms with Crippen LogP contribution in [0.3, 0.4) is 0 Å². The highest BCUT2D eigenvalue weighted by atomic mass is 35.5. The summed E-state index contributed by atoms with van der Waals surface area (Å²) in [5.41, 5.74) is 3.97. The third-order valence-electron chi connectivity index (χ3n) is 1.29. The van der Waals surface area contributed by atoms with E-state index in [4.69, 9.17) is 11.6 Å². The zero-order valence-corrected chi connectivity index (χ0v) is 6.72. The number of hydrogen-bond donors (Lipinski definition) is 0. The van der Waals surface area contributed by atoms with Gasteiger partial charge in [-0.15, -0.1) is 0 Å². The fourth-order valence-electron chi connectivity index (χ4n) is 0.698. The summed E-state index contributed by atoms with van der Waals surface area (Å²) in [6.45, 7) is 1.79. The van der Waals surface area contributed by atoms with Gasteiger partial charge >= 0.3 is 0 Å². The first-order valence-corrected chi connectivity index (χ1v) is 3.44. The molecule has 2 nitrogen and oxygen atoms in total. The molecule has 3 heteroatoms. The lowest BCUT2D eigenvalue weighted by Gasteiger charge is -1.91. The van der Waals surface area contributed by atoms with Crippen LogP contribution in [-0.2, 0) is 4.79 Å². The van der Waals surface area contributed by atoms with Crippen LogP contribution in [0.15, 0.2) is 34.1 Å². The van der Waals surface area contributed by atoms with E-state index >= 15 is 0 Å². The number of carbonyl (C=O) groups excluding carboxylic acids is 1. The summed E-state index contributed by atoms with van der Waals surface area (Å²) in [6, 6.07) is 0. The first-order chi connectivity index (χ1) is 5.24. The maximum absolute atomic E-state index is 10.4. The van der Waals surface area contributed by atoms with Crippen molar-refractivity contribution in [2.24, 2.45) is 4.99 Å². The van der Waals surface area contributed by atoms with Gasteiger partial charge < -0.3 is 0 Å². The quantitative estimate of drug-likeness (QED) is 0.433. The Kier molecular flexibility index (Phi) is 2.42. The van der Waals surface area contributed by atoms with Gasteiger partial charge in [-0.1, -0.05) is 17.3 Å². The zero-order chi connectivity index (χ0) is 8.27. The van der Waals surface area contributed by atoms with Gasteiger partial charge in [-0.05, 0) is 18.6 Å². The summed E-state index contributed by atoms with van der Waals surface area (Å²) >= 11 is 5.61. The molecule has 0 radical (unpaired) electrons. The van der Waals surface area contributed by atoms with Crippen molar-refractivity contribution in [2.75, 3.05) is 0 Å². The molecule has 0 saturated heterocycles. The van der Waals surface area contributed by atoms with Crippen LogP contribution in [0.5, 0.6) is 0 Å². The average Bonchev–Trinajstić information content (AvgIpc) is 2.11. The third kappa shape index (κ3) is 1.90. The summed E-state index contributed by atoms with van der Waals surface area (Å²) in [4.78, 5) is 14.1. The van der Waals surface area contributed by atoms with E-state index in [0.717, 1.165) is 11.9 Å². The SMILES string of the molecule is CC1=CC(Cl)=NC=C=C1C=O. The van der Waals surface area contributed by atoms with Crippen LogP contribution < -0.4 is 0 Å². The molecule has 0 spiro atoms. The summed E-state index contributed by atoms with van der Waals surface area (Å²) < 4.78 is 0. The summed E-state index contributed by atoms with van der Waals surface area (Å²) in [5, 5.41) is 0.367. The molecule has 1 aliphatic rings. The Morgan fingerprint density at radius 3 is 3.09 bits per heavy atom. The molecule has 0 saturated carbocycles. The molecule has 0 aliphatic carbocycles. The predicted octanol–water partition coefficient (Wildman–Crippen LogP) is 1.82. The first kappa shape index (κ1) is 7.99. The van der Waals surface area contributed by atoms with Crippen molar-refractivity contribution in [2.45, 2.75) is 6.92 Å². The van der Waals surface area contributed by atoms with Gasteiger partial charge in [0.15, 0.2) is 6.29 Å². The molecule has 1 aliphatic heterocycles. The molecule has 56 valence electrons. The molecule has 0 amide bonds. The highest BCUT2D eigenvalue weighted by Gasteiger charge is 2.00. The van der Waals surface area contributed by atoms with Crippen molar-refractivity contribution in [1.82, 2.24) is 0 Å². The maximum Gasteiger partial charge on any atom is 0.158 e. The molecule has 0 N–H and O–H groups in total. The summed E-state index contributed by atoms with van der Waals surface area (Å²) in [6.07, 6.45) is 3.74. The number of halogens is 1. The van der Waals surface area contributed by atoms with E-state index in [-0.39, 0.29) is 0 Å². The number of carbonyl (C=O) groups is 1. The Labute approximate surface area is 69.6 Å². The van der Waals surface area contributed by atoms with Crippen molar-refractivity contribution in [3.05, 3.63) is 29.2 Å². The molecule has 1 rings (SSSR count). The van der Waals surface area contributed by atoms with Crippen molar-refractivity contribution in [3.63, 3.8) is 0 Å². The normalized spacial score (nSPS) is 16.4. The molecule has 0 atom stereocenters. The van der Waals surface area contributed by atoms with Gasteiger partial charge in [-0.3, -0.25) is 4.79 Å². The van der Waals surface area contributed by atoms with E-state index < -0.39 is 0 Å². The van der Waals surface area contributed by atoms with Crippen LogP contribution in [0.4, 0.5) is 0 Å². The highest BCUT2D eigenvalue weighted by Crippen LogP contribution is 2.09. The van der Waals surface area contributed by atoms with Gasteiger partial charge in [0.25, 0.3) is 0 Å². The standard InChI is InChI=1S/C8H6ClNO/c1-6-4-8(9)10-3-2-7(6)5-11/h3-5H,1H3. The smallest absolute Gasteiger partial charge is 0.158 e. The minimum absolute atomic E-state index is 0.367. The molecular formula is C8H6ClNO. The van der Waals surface area contributed by atoms with E-state index in [1.165, 1.54) is 6.20 Å².